The number of rotatable bonds is 6. The van der Waals surface area contributed by atoms with Crippen molar-refractivity contribution < 1.29 is 9.53 Å². The fraction of sp³-hybridized carbons (Fsp3) is 0.619. The van der Waals surface area contributed by atoms with Crippen molar-refractivity contribution in [2.75, 3.05) is 58.3 Å². The summed E-state index contributed by atoms with van der Waals surface area (Å²) in [6.45, 7) is 11.0. The Kier molecular flexibility index (Phi) is 11.7. The summed E-state index contributed by atoms with van der Waals surface area (Å²) in [7, 11) is 3.86. The van der Waals surface area contributed by atoms with E-state index in [1.54, 1.807) is 7.05 Å². The topological polar surface area (TPSA) is 81.2 Å². The highest BCUT2D eigenvalue weighted by Crippen LogP contribution is 2.28. The number of hydrogen-bond donors (Lipinski definition) is 3. The molecule has 3 N–H and O–H groups in total. The first-order valence-electron chi connectivity index (χ1n) is 10.3. The van der Waals surface area contributed by atoms with E-state index in [0.29, 0.717) is 25.6 Å². The molecule has 1 aromatic carbocycles. The predicted octanol–water partition coefficient (Wildman–Crippen LogP) is 2.90. The monoisotopic (exact) mass is 566 g/mol. The zero-order valence-electron chi connectivity index (χ0n) is 19.1. The molecule has 10 heteroatoms. The van der Waals surface area contributed by atoms with E-state index in [0.717, 1.165) is 42.5 Å². The molecule has 2 rings (SSSR count). The summed E-state index contributed by atoms with van der Waals surface area (Å²) >= 11 is 6.52. The summed E-state index contributed by atoms with van der Waals surface area (Å²) < 4.78 is 5.22. The molecule has 0 radical (unpaired) electrons. The van der Waals surface area contributed by atoms with Crippen molar-refractivity contribution in [2.45, 2.75) is 32.9 Å². The number of nitrogens with one attached hydrogen (secondary N) is 3. The summed E-state index contributed by atoms with van der Waals surface area (Å²) in [4.78, 5) is 20.7. The minimum Gasteiger partial charge on any atom is -0.444 e. The minimum absolute atomic E-state index is 0. The highest BCUT2D eigenvalue weighted by atomic mass is 127. The number of hydrogen-bond acceptors (Lipinski definition) is 5. The van der Waals surface area contributed by atoms with Crippen LogP contribution in [0.5, 0.6) is 0 Å². The summed E-state index contributed by atoms with van der Waals surface area (Å²) in [6, 6.07) is 6.03. The van der Waals surface area contributed by atoms with Crippen molar-refractivity contribution in [3.8, 4) is 0 Å². The fourth-order valence-corrected chi connectivity index (χ4v) is 3.35. The van der Waals surface area contributed by atoms with Crippen molar-refractivity contribution in [1.29, 1.82) is 0 Å². The third kappa shape index (κ3) is 9.69. The Morgan fingerprint density at radius 3 is 2.39 bits per heavy atom. The third-order valence-corrected chi connectivity index (χ3v) is 5.03. The number of ether oxygens (including phenoxy) is 1. The summed E-state index contributed by atoms with van der Waals surface area (Å²) in [5, 5.41) is 9.96. The number of guanidine groups is 1. The van der Waals surface area contributed by atoms with E-state index < -0.39 is 11.7 Å². The van der Waals surface area contributed by atoms with Gasteiger partial charge in [-0.25, -0.2) is 4.79 Å². The van der Waals surface area contributed by atoms with Gasteiger partial charge in [0, 0.05) is 69.1 Å². The van der Waals surface area contributed by atoms with Gasteiger partial charge in [0.05, 0.1) is 0 Å². The summed E-state index contributed by atoms with van der Waals surface area (Å²) in [5.41, 5.74) is 1.70. The van der Waals surface area contributed by atoms with Crippen molar-refractivity contribution in [3.63, 3.8) is 0 Å². The zero-order chi connectivity index (χ0) is 22.1. The smallest absolute Gasteiger partial charge is 0.407 e. The first-order valence-corrected chi connectivity index (χ1v) is 10.7. The number of aliphatic imine (C=N–C) groups is 1. The maximum absolute atomic E-state index is 11.7. The van der Waals surface area contributed by atoms with Crippen LogP contribution in [0.3, 0.4) is 0 Å². The Bertz CT molecular complexity index is 733. The molecule has 0 unspecified atom stereocenters. The number of piperazine rings is 1. The molecule has 31 heavy (non-hydrogen) atoms. The van der Waals surface area contributed by atoms with Crippen molar-refractivity contribution in [1.82, 2.24) is 20.9 Å². The highest BCUT2D eigenvalue weighted by molar-refractivity contribution is 14.0. The SMILES string of the molecule is CN=C(NCCNC(=O)OC(C)(C)C)NCc1c(Cl)cccc1N1CCN(C)CC1.I. The fourth-order valence-electron chi connectivity index (χ4n) is 3.12. The van der Waals surface area contributed by atoms with Crippen LogP contribution in [0.15, 0.2) is 23.2 Å². The van der Waals surface area contributed by atoms with Gasteiger partial charge in [-0.1, -0.05) is 17.7 Å². The van der Waals surface area contributed by atoms with Crippen molar-refractivity contribution >= 4 is 53.3 Å². The van der Waals surface area contributed by atoms with Gasteiger partial charge in [0.2, 0.25) is 0 Å². The van der Waals surface area contributed by atoms with E-state index in [2.05, 4.69) is 43.9 Å². The van der Waals surface area contributed by atoms with Crippen LogP contribution in [0.25, 0.3) is 0 Å². The van der Waals surface area contributed by atoms with Crippen LogP contribution < -0.4 is 20.9 Å². The van der Waals surface area contributed by atoms with Crippen LogP contribution in [-0.4, -0.2) is 75.9 Å². The zero-order valence-corrected chi connectivity index (χ0v) is 22.2. The third-order valence-electron chi connectivity index (χ3n) is 4.68. The number of likely N-dealkylation sites (N-methyl/N-ethyl adjacent to an activating group) is 1. The van der Waals surface area contributed by atoms with Gasteiger partial charge in [0.15, 0.2) is 5.96 Å². The van der Waals surface area contributed by atoms with E-state index in [1.165, 1.54) is 0 Å². The normalized spacial score (nSPS) is 15.2. The van der Waals surface area contributed by atoms with Crippen LogP contribution >= 0.6 is 35.6 Å². The molecule has 1 aliphatic rings. The van der Waals surface area contributed by atoms with Gasteiger partial charge in [-0.2, -0.15) is 0 Å². The second-order valence-corrected chi connectivity index (χ2v) is 8.72. The molecule has 1 fully saturated rings. The molecule has 0 aromatic heterocycles. The lowest BCUT2D eigenvalue weighted by Gasteiger charge is -2.35. The Balaban J connectivity index is 0.00000480. The van der Waals surface area contributed by atoms with Crippen LogP contribution in [0.2, 0.25) is 5.02 Å². The van der Waals surface area contributed by atoms with Gasteiger partial charge in [0.1, 0.15) is 5.60 Å². The van der Waals surface area contributed by atoms with Gasteiger partial charge in [0.25, 0.3) is 0 Å². The number of nitrogens with zero attached hydrogens (tertiary/aromatic N) is 3. The largest absolute Gasteiger partial charge is 0.444 e. The van der Waals surface area contributed by atoms with E-state index >= 15 is 0 Å². The Morgan fingerprint density at radius 1 is 1.13 bits per heavy atom. The molecule has 0 aliphatic carbocycles. The molecule has 1 heterocycles. The second-order valence-electron chi connectivity index (χ2n) is 8.31. The number of carbonyl (C=O) groups is 1. The highest BCUT2D eigenvalue weighted by Gasteiger charge is 2.19. The lowest BCUT2D eigenvalue weighted by atomic mass is 10.1. The van der Waals surface area contributed by atoms with E-state index in [1.807, 2.05) is 32.9 Å². The molecule has 0 saturated carbocycles. The number of carbonyl (C=O) groups excluding carboxylic acids is 1. The number of halogens is 2. The summed E-state index contributed by atoms with van der Waals surface area (Å²) in [6.07, 6.45) is -0.430. The Hall–Kier alpha value is -1.46. The molecule has 0 spiro atoms. The number of alkyl carbamates (subject to hydrolysis) is 1. The maximum Gasteiger partial charge on any atom is 0.407 e. The van der Waals surface area contributed by atoms with Gasteiger partial charge < -0.3 is 30.5 Å². The molecular weight excluding hydrogens is 531 g/mol. The lowest BCUT2D eigenvalue weighted by molar-refractivity contribution is 0.0529. The first-order chi connectivity index (χ1) is 14.2. The van der Waals surface area contributed by atoms with E-state index in [4.69, 9.17) is 16.3 Å². The number of anilines is 1. The van der Waals surface area contributed by atoms with Gasteiger partial charge >= 0.3 is 6.09 Å². The molecule has 1 saturated heterocycles. The molecule has 1 aromatic rings. The van der Waals surface area contributed by atoms with Crippen molar-refractivity contribution in [2.24, 2.45) is 4.99 Å². The van der Waals surface area contributed by atoms with Crippen LogP contribution in [0, 0.1) is 0 Å². The number of amides is 1. The Labute approximate surface area is 208 Å². The molecular formula is C21H36ClIN6O2. The second kappa shape index (κ2) is 13.2. The van der Waals surface area contributed by atoms with Gasteiger partial charge in [-0.15, -0.1) is 24.0 Å². The lowest BCUT2D eigenvalue weighted by Crippen LogP contribution is -2.45. The molecule has 1 aliphatic heterocycles. The molecule has 176 valence electrons. The van der Waals surface area contributed by atoms with Gasteiger partial charge in [-0.05, 0) is 40.0 Å². The molecule has 1 amide bonds. The van der Waals surface area contributed by atoms with Crippen LogP contribution in [-0.2, 0) is 11.3 Å². The molecule has 0 bridgehead atoms. The molecule has 8 nitrogen and oxygen atoms in total. The average Bonchev–Trinajstić information content (AvgIpc) is 2.67. The quantitative estimate of drug-likeness (QED) is 0.213. The van der Waals surface area contributed by atoms with Crippen LogP contribution in [0.4, 0.5) is 10.5 Å². The standard InChI is InChI=1S/C21H35ClN6O2.HI/c1-21(2,3)30-20(29)25-10-9-24-19(23-4)26-15-16-17(22)7-6-8-18(16)28-13-11-27(5)12-14-28;/h6-8H,9-15H2,1-5H3,(H,25,29)(H2,23,24,26);1H. The maximum atomic E-state index is 11.7. The van der Waals surface area contributed by atoms with Crippen molar-refractivity contribution in [3.05, 3.63) is 28.8 Å². The van der Waals surface area contributed by atoms with E-state index in [9.17, 15) is 4.79 Å². The average molecular weight is 567 g/mol. The van der Waals surface area contributed by atoms with Gasteiger partial charge in [-0.3, -0.25) is 4.99 Å². The first kappa shape index (κ1) is 27.6. The number of benzene rings is 1. The van der Waals surface area contributed by atoms with E-state index in [-0.39, 0.29) is 24.0 Å². The minimum atomic E-state index is -0.508. The van der Waals surface area contributed by atoms with Crippen LogP contribution in [0.1, 0.15) is 26.3 Å². The molecule has 0 atom stereocenters. The predicted molar refractivity (Wildman–Crippen MR) is 139 cm³/mol. The summed E-state index contributed by atoms with van der Waals surface area (Å²) in [5.74, 6) is 0.644. The Morgan fingerprint density at radius 2 is 1.77 bits per heavy atom.